The fourth-order valence-electron chi connectivity index (χ4n) is 3.71. The molecule has 1 fully saturated rings. The summed E-state index contributed by atoms with van der Waals surface area (Å²) in [7, 11) is -3.75. The maximum absolute atomic E-state index is 13.0. The largest absolute Gasteiger partial charge is 0.396 e. The van der Waals surface area contributed by atoms with E-state index in [4.69, 9.17) is 11.0 Å². The van der Waals surface area contributed by atoms with Gasteiger partial charge in [-0.05, 0) is 43.9 Å². The van der Waals surface area contributed by atoms with Crippen molar-refractivity contribution < 1.29 is 8.42 Å². The number of hydrogen-bond donors (Lipinski definition) is 2. The van der Waals surface area contributed by atoms with Gasteiger partial charge in [0, 0.05) is 23.5 Å². The van der Waals surface area contributed by atoms with E-state index in [1.54, 1.807) is 36.4 Å². The normalized spacial score (nSPS) is 20.0. The Bertz CT molecular complexity index is 1140. The number of hydrogen-bond acceptors (Lipinski definition) is 6. The van der Waals surface area contributed by atoms with Crippen LogP contribution in [-0.4, -0.2) is 23.4 Å². The van der Waals surface area contributed by atoms with Crippen molar-refractivity contribution in [2.75, 3.05) is 11.1 Å². The van der Waals surface area contributed by atoms with Gasteiger partial charge in [0.1, 0.15) is 0 Å². The average molecular weight is 395 g/mol. The summed E-state index contributed by atoms with van der Waals surface area (Å²) in [5.41, 5.74) is 7.67. The fraction of sp³-hybridized carbons (Fsp3) is 0.300. The molecule has 3 N–H and O–H groups in total. The van der Waals surface area contributed by atoms with Crippen LogP contribution in [0.5, 0.6) is 0 Å². The second kappa shape index (κ2) is 7.17. The molecule has 7 nitrogen and oxygen atoms in total. The predicted octanol–water partition coefficient (Wildman–Crippen LogP) is 3.35. The lowest BCUT2D eigenvalue weighted by Gasteiger charge is -2.27. The van der Waals surface area contributed by atoms with E-state index >= 15 is 0 Å². The van der Waals surface area contributed by atoms with E-state index in [0.29, 0.717) is 22.4 Å². The molecule has 0 saturated heterocycles. The number of aromatic nitrogens is 2. The van der Waals surface area contributed by atoms with Gasteiger partial charge in [0.25, 0.3) is 10.0 Å². The molecular formula is C20H21N5O2S. The highest BCUT2D eigenvalue weighted by Gasteiger charge is 2.24. The summed E-state index contributed by atoms with van der Waals surface area (Å²) in [6.45, 7) is 0. The smallest absolute Gasteiger partial charge is 0.269 e. The summed E-state index contributed by atoms with van der Waals surface area (Å²) >= 11 is 0. The number of nitrogens with two attached hydrogens (primary N) is 1. The zero-order valence-electron chi connectivity index (χ0n) is 15.2. The van der Waals surface area contributed by atoms with Crippen molar-refractivity contribution in [2.24, 2.45) is 5.92 Å². The van der Waals surface area contributed by atoms with Crippen LogP contribution in [0.25, 0.3) is 11.0 Å². The molecule has 4 rings (SSSR count). The lowest BCUT2D eigenvalue weighted by Crippen LogP contribution is -2.26. The van der Waals surface area contributed by atoms with E-state index in [-0.39, 0.29) is 16.9 Å². The third-order valence-electron chi connectivity index (χ3n) is 5.27. The number of rotatable bonds is 4. The molecule has 1 aliphatic carbocycles. The molecule has 2 aromatic heterocycles. The number of nitrogens with zero attached hydrogens (tertiary/aromatic N) is 3. The second-order valence-electron chi connectivity index (χ2n) is 7.08. The van der Waals surface area contributed by atoms with Crippen molar-refractivity contribution in [1.29, 1.82) is 5.26 Å². The van der Waals surface area contributed by atoms with Crippen molar-refractivity contribution >= 4 is 32.4 Å². The summed E-state index contributed by atoms with van der Waals surface area (Å²) in [5.74, 6) is 0.116. The molecule has 1 aliphatic rings. The van der Waals surface area contributed by atoms with Crippen molar-refractivity contribution in [3.05, 3.63) is 48.8 Å². The number of nitrogen functional groups attached to an aromatic ring is 1. The Labute approximate surface area is 163 Å². The van der Waals surface area contributed by atoms with Gasteiger partial charge in [-0.2, -0.15) is 5.26 Å². The second-order valence-corrected chi connectivity index (χ2v) is 8.89. The minimum absolute atomic E-state index is 0.116. The van der Waals surface area contributed by atoms with Crippen LogP contribution in [0.4, 0.5) is 11.4 Å². The first-order valence-corrected chi connectivity index (χ1v) is 10.7. The molecule has 28 heavy (non-hydrogen) atoms. The lowest BCUT2D eigenvalue weighted by atomic mass is 9.87. The number of nitriles is 1. The van der Waals surface area contributed by atoms with E-state index in [2.05, 4.69) is 16.4 Å². The summed E-state index contributed by atoms with van der Waals surface area (Å²) in [4.78, 5) is 4.49. The highest BCUT2D eigenvalue weighted by atomic mass is 32.2. The fourth-order valence-corrected chi connectivity index (χ4v) is 5.03. The predicted molar refractivity (Wildman–Crippen MR) is 108 cm³/mol. The van der Waals surface area contributed by atoms with Crippen LogP contribution in [0, 0.1) is 17.2 Å². The Morgan fingerprint density at radius 1 is 1.14 bits per heavy atom. The Kier molecular flexibility index (Phi) is 4.69. The molecule has 0 amide bonds. The van der Waals surface area contributed by atoms with E-state index < -0.39 is 10.0 Å². The minimum Gasteiger partial charge on any atom is -0.396 e. The van der Waals surface area contributed by atoms with Gasteiger partial charge in [-0.3, -0.25) is 0 Å². The molecule has 0 bridgehead atoms. The number of nitrogens with one attached hydrogen (secondary N) is 1. The molecule has 1 aromatic carbocycles. The van der Waals surface area contributed by atoms with Crippen LogP contribution in [0.1, 0.15) is 25.7 Å². The number of benzene rings is 1. The summed E-state index contributed by atoms with van der Waals surface area (Å²) < 4.78 is 27.2. The molecule has 3 aromatic rings. The van der Waals surface area contributed by atoms with Crippen LogP contribution in [0.2, 0.25) is 0 Å². The van der Waals surface area contributed by atoms with E-state index in [0.717, 1.165) is 25.7 Å². The Hall–Kier alpha value is -3.05. The molecule has 2 heterocycles. The summed E-state index contributed by atoms with van der Waals surface area (Å²) in [6.07, 6.45) is 6.46. The van der Waals surface area contributed by atoms with Crippen LogP contribution in [0.3, 0.4) is 0 Å². The maximum Gasteiger partial charge on any atom is 0.269 e. The van der Waals surface area contributed by atoms with Crippen LogP contribution < -0.4 is 11.1 Å². The molecule has 1 saturated carbocycles. The first-order valence-electron chi connectivity index (χ1n) is 9.23. The SMILES string of the molecule is N#C[C@H]1CC[C@H](Nc2c(N)cnc3c2ccn3S(=O)(=O)c2ccccc2)CC1. The first-order chi connectivity index (χ1) is 13.5. The highest BCUT2D eigenvalue weighted by Crippen LogP contribution is 2.33. The topological polar surface area (TPSA) is 114 Å². The van der Waals surface area contributed by atoms with Crippen LogP contribution >= 0.6 is 0 Å². The van der Waals surface area contributed by atoms with E-state index in [1.807, 2.05) is 0 Å². The van der Waals surface area contributed by atoms with Gasteiger partial charge >= 0.3 is 0 Å². The molecule has 0 atom stereocenters. The Balaban J connectivity index is 1.71. The zero-order chi connectivity index (χ0) is 19.7. The monoisotopic (exact) mass is 395 g/mol. The van der Waals surface area contributed by atoms with Gasteiger partial charge in [0.2, 0.25) is 0 Å². The minimum atomic E-state index is -3.75. The van der Waals surface area contributed by atoms with Crippen molar-refractivity contribution in [3.63, 3.8) is 0 Å². The molecule has 0 unspecified atom stereocenters. The van der Waals surface area contributed by atoms with Crippen LogP contribution in [-0.2, 0) is 10.0 Å². The molecular weight excluding hydrogens is 374 g/mol. The van der Waals surface area contributed by atoms with E-state index in [9.17, 15) is 8.42 Å². The molecule has 0 aliphatic heterocycles. The van der Waals surface area contributed by atoms with Gasteiger partial charge in [-0.25, -0.2) is 17.4 Å². The van der Waals surface area contributed by atoms with Gasteiger partial charge in [-0.1, -0.05) is 18.2 Å². The van der Waals surface area contributed by atoms with Gasteiger partial charge < -0.3 is 11.1 Å². The van der Waals surface area contributed by atoms with E-state index in [1.165, 1.54) is 16.4 Å². The third-order valence-corrected chi connectivity index (χ3v) is 6.95. The standard InChI is InChI=1S/C20H21N5O2S/c21-12-14-6-8-15(9-7-14)24-19-17-10-11-25(20(17)23-13-18(19)22)28(26,27)16-4-2-1-3-5-16/h1-5,10-11,13-15H,6-9,22H2,(H,23,24)/t14-,15-. The molecule has 0 radical (unpaired) electrons. The Morgan fingerprint density at radius 2 is 1.86 bits per heavy atom. The number of pyridine rings is 1. The first kappa shape index (κ1) is 18.3. The number of fused-ring (bicyclic) bond motifs is 1. The highest BCUT2D eigenvalue weighted by molar-refractivity contribution is 7.90. The summed E-state index contributed by atoms with van der Waals surface area (Å²) in [5, 5.41) is 13.2. The van der Waals surface area contributed by atoms with Gasteiger partial charge in [0.15, 0.2) is 5.65 Å². The maximum atomic E-state index is 13.0. The average Bonchev–Trinajstić information content (AvgIpc) is 3.16. The van der Waals surface area contributed by atoms with Crippen molar-refractivity contribution in [3.8, 4) is 6.07 Å². The Morgan fingerprint density at radius 3 is 2.54 bits per heavy atom. The third kappa shape index (κ3) is 3.18. The van der Waals surface area contributed by atoms with Crippen LogP contribution in [0.15, 0.2) is 53.7 Å². The van der Waals surface area contributed by atoms with Crippen molar-refractivity contribution in [1.82, 2.24) is 8.96 Å². The van der Waals surface area contributed by atoms with Gasteiger partial charge in [0.05, 0.1) is 28.5 Å². The molecule has 8 heteroatoms. The zero-order valence-corrected chi connectivity index (χ0v) is 16.1. The number of anilines is 2. The summed E-state index contributed by atoms with van der Waals surface area (Å²) in [6, 6.07) is 12.5. The lowest BCUT2D eigenvalue weighted by molar-refractivity contribution is 0.398. The molecule has 0 spiro atoms. The van der Waals surface area contributed by atoms with Gasteiger partial charge in [-0.15, -0.1) is 0 Å². The van der Waals surface area contributed by atoms with Crippen molar-refractivity contribution in [2.45, 2.75) is 36.6 Å². The molecule has 144 valence electrons. The quantitative estimate of drug-likeness (QED) is 0.700.